The Bertz CT molecular complexity index is 581. The van der Waals surface area contributed by atoms with Crippen molar-refractivity contribution in [1.29, 1.82) is 0 Å². The molecular formula is C13H18N4O2S. The standard InChI is InChI=1S/C13H18N4O2S/c1-4-10-8-17(9-11(5-2)16-10)12-6-15-13(7-14-12)20(3,18)19/h4-7,10-11,16H,1-2,8-9H2,3H3/t10-,11+. The van der Waals surface area contributed by atoms with E-state index in [1.54, 1.807) is 0 Å². The van der Waals surface area contributed by atoms with Crippen LogP contribution >= 0.6 is 0 Å². The maximum Gasteiger partial charge on any atom is 0.194 e. The summed E-state index contributed by atoms with van der Waals surface area (Å²) < 4.78 is 22.7. The van der Waals surface area contributed by atoms with Crippen LogP contribution in [0.5, 0.6) is 0 Å². The van der Waals surface area contributed by atoms with Crippen LogP contribution < -0.4 is 10.2 Å². The highest BCUT2D eigenvalue weighted by atomic mass is 32.2. The zero-order chi connectivity index (χ0) is 14.8. The highest BCUT2D eigenvalue weighted by Gasteiger charge is 2.24. The lowest BCUT2D eigenvalue weighted by Crippen LogP contribution is -2.55. The van der Waals surface area contributed by atoms with Crippen molar-refractivity contribution in [1.82, 2.24) is 15.3 Å². The van der Waals surface area contributed by atoms with Crippen molar-refractivity contribution in [2.45, 2.75) is 17.1 Å². The smallest absolute Gasteiger partial charge is 0.194 e. The third-order valence-electron chi connectivity index (χ3n) is 3.15. The molecule has 2 heterocycles. The molecule has 2 rings (SSSR count). The second kappa shape index (κ2) is 5.72. The van der Waals surface area contributed by atoms with Crippen LogP contribution in [0.1, 0.15) is 0 Å². The highest BCUT2D eigenvalue weighted by molar-refractivity contribution is 7.90. The minimum absolute atomic E-state index is 0.0167. The van der Waals surface area contributed by atoms with Crippen LogP contribution in [0, 0.1) is 0 Å². The van der Waals surface area contributed by atoms with Gasteiger partial charge in [0.25, 0.3) is 0 Å². The monoisotopic (exact) mass is 294 g/mol. The van der Waals surface area contributed by atoms with E-state index in [1.807, 2.05) is 17.1 Å². The van der Waals surface area contributed by atoms with E-state index in [9.17, 15) is 8.42 Å². The number of hydrogen-bond acceptors (Lipinski definition) is 6. The first-order valence-corrected chi connectivity index (χ1v) is 8.11. The number of hydrogen-bond donors (Lipinski definition) is 1. The minimum Gasteiger partial charge on any atom is -0.352 e. The Labute approximate surface area is 119 Å². The first-order chi connectivity index (χ1) is 9.44. The first kappa shape index (κ1) is 14.7. The van der Waals surface area contributed by atoms with Gasteiger partial charge in [0.1, 0.15) is 5.82 Å². The van der Waals surface area contributed by atoms with Gasteiger partial charge in [-0.2, -0.15) is 0 Å². The van der Waals surface area contributed by atoms with Crippen LogP contribution in [0.15, 0.2) is 42.7 Å². The van der Waals surface area contributed by atoms with Gasteiger partial charge >= 0.3 is 0 Å². The Morgan fingerprint density at radius 3 is 2.25 bits per heavy atom. The van der Waals surface area contributed by atoms with Crippen molar-refractivity contribution in [3.63, 3.8) is 0 Å². The summed E-state index contributed by atoms with van der Waals surface area (Å²) in [5, 5.41) is 3.35. The van der Waals surface area contributed by atoms with E-state index >= 15 is 0 Å². The summed E-state index contributed by atoms with van der Waals surface area (Å²) in [5.41, 5.74) is 0. The molecule has 1 aromatic heterocycles. The van der Waals surface area contributed by atoms with Gasteiger partial charge in [0.2, 0.25) is 0 Å². The molecule has 0 radical (unpaired) electrons. The molecular weight excluding hydrogens is 276 g/mol. The largest absolute Gasteiger partial charge is 0.352 e. The fraction of sp³-hybridized carbons (Fsp3) is 0.385. The van der Waals surface area contributed by atoms with E-state index in [-0.39, 0.29) is 17.1 Å². The third-order valence-corrected chi connectivity index (χ3v) is 4.12. The maximum atomic E-state index is 11.4. The van der Waals surface area contributed by atoms with E-state index in [0.717, 1.165) is 6.26 Å². The molecule has 0 aromatic carbocycles. The fourth-order valence-electron chi connectivity index (χ4n) is 2.07. The number of rotatable bonds is 4. The Morgan fingerprint density at radius 2 is 1.85 bits per heavy atom. The average molecular weight is 294 g/mol. The summed E-state index contributed by atoms with van der Waals surface area (Å²) in [6, 6.07) is 0.256. The van der Waals surface area contributed by atoms with Crippen LogP contribution in [0.25, 0.3) is 0 Å². The van der Waals surface area contributed by atoms with Gasteiger partial charge in [0, 0.05) is 31.4 Å². The van der Waals surface area contributed by atoms with Gasteiger partial charge in [-0.05, 0) is 0 Å². The quantitative estimate of drug-likeness (QED) is 0.810. The van der Waals surface area contributed by atoms with Gasteiger partial charge in [-0.3, -0.25) is 0 Å². The molecule has 0 spiro atoms. The number of aromatic nitrogens is 2. The molecule has 1 saturated heterocycles. The van der Waals surface area contributed by atoms with Crippen LogP contribution in [-0.4, -0.2) is 49.8 Å². The molecule has 0 unspecified atom stereocenters. The number of sulfone groups is 1. The van der Waals surface area contributed by atoms with Gasteiger partial charge in [-0.1, -0.05) is 12.2 Å². The minimum atomic E-state index is -3.32. The van der Waals surface area contributed by atoms with Crippen molar-refractivity contribution < 1.29 is 8.42 Å². The van der Waals surface area contributed by atoms with Crippen LogP contribution in [0.3, 0.4) is 0 Å². The molecule has 1 N–H and O–H groups in total. The topological polar surface area (TPSA) is 75.2 Å². The molecule has 7 heteroatoms. The van der Waals surface area contributed by atoms with Crippen molar-refractivity contribution in [2.24, 2.45) is 0 Å². The van der Waals surface area contributed by atoms with Gasteiger partial charge in [0.05, 0.1) is 12.4 Å². The lowest BCUT2D eigenvalue weighted by atomic mass is 10.1. The van der Waals surface area contributed by atoms with Crippen molar-refractivity contribution in [3.05, 3.63) is 37.7 Å². The molecule has 2 atom stereocenters. The molecule has 1 aliphatic heterocycles. The van der Waals surface area contributed by atoms with E-state index in [1.165, 1.54) is 12.4 Å². The fourth-order valence-corrected chi connectivity index (χ4v) is 2.55. The molecule has 0 aliphatic carbocycles. The number of piperazine rings is 1. The first-order valence-electron chi connectivity index (χ1n) is 6.22. The van der Waals surface area contributed by atoms with Gasteiger partial charge in [0.15, 0.2) is 14.9 Å². The predicted molar refractivity (Wildman–Crippen MR) is 78.5 cm³/mol. The van der Waals surface area contributed by atoms with Crippen LogP contribution in [-0.2, 0) is 9.84 Å². The summed E-state index contributed by atoms with van der Waals surface area (Å²) in [5.74, 6) is 0.651. The second-order valence-corrected chi connectivity index (χ2v) is 6.70. The average Bonchev–Trinajstić information content (AvgIpc) is 2.46. The predicted octanol–water partition coefficient (Wildman–Crippen LogP) is 0.399. The van der Waals surface area contributed by atoms with E-state index < -0.39 is 9.84 Å². The third kappa shape index (κ3) is 3.23. The highest BCUT2D eigenvalue weighted by Crippen LogP contribution is 2.16. The molecule has 6 nitrogen and oxygen atoms in total. The summed E-state index contributed by atoms with van der Waals surface area (Å²) in [6.07, 6.45) is 7.56. The van der Waals surface area contributed by atoms with Gasteiger partial charge < -0.3 is 10.2 Å². The molecule has 1 aliphatic rings. The number of anilines is 1. The molecule has 20 heavy (non-hydrogen) atoms. The Kier molecular flexibility index (Phi) is 4.20. The van der Waals surface area contributed by atoms with Crippen molar-refractivity contribution >= 4 is 15.7 Å². The Hall–Kier alpha value is -1.73. The van der Waals surface area contributed by atoms with Gasteiger partial charge in [-0.25, -0.2) is 18.4 Å². The normalized spacial score (nSPS) is 23.4. The van der Waals surface area contributed by atoms with Crippen LogP contribution in [0.2, 0.25) is 0 Å². The SMILES string of the molecule is C=C[C@@H]1CN(c2cnc(S(C)(=O)=O)cn2)C[C@H](C=C)N1. The van der Waals surface area contributed by atoms with E-state index in [4.69, 9.17) is 0 Å². The molecule has 0 saturated carbocycles. The number of nitrogens with one attached hydrogen (secondary N) is 1. The second-order valence-electron chi connectivity index (χ2n) is 4.74. The lowest BCUT2D eigenvalue weighted by Gasteiger charge is -2.37. The van der Waals surface area contributed by atoms with Gasteiger partial charge in [-0.15, -0.1) is 13.2 Å². The van der Waals surface area contributed by atoms with Crippen molar-refractivity contribution in [2.75, 3.05) is 24.2 Å². The molecule has 0 bridgehead atoms. The Balaban J connectivity index is 2.22. The molecule has 1 fully saturated rings. The lowest BCUT2D eigenvalue weighted by molar-refractivity contribution is 0.456. The molecule has 0 amide bonds. The zero-order valence-corrected chi connectivity index (χ0v) is 12.2. The Morgan fingerprint density at radius 1 is 1.25 bits per heavy atom. The van der Waals surface area contributed by atoms with Crippen LogP contribution in [0.4, 0.5) is 5.82 Å². The zero-order valence-electron chi connectivity index (χ0n) is 11.4. The van der Waals surface area contributed by atoms with Crippen molar-refractivity contribution in [3.8, 4) is 0 Å². The summed E-state index contributed by atoms with van der Waals surface area (Å²) in [6.45, 7) is 9.00. The van der Waals surface area contributed by atoms with E-state index in [0.29, 0.717) is 18.9 Å². The summed E-state index contributed by atoms with van der Waals surface area (Å²) >= 11 is 0. The number of nitrogens with zero attached hydrogens (tertiary/aromatic N) is 3. The molecule has 108 valence electrons. The maximum absolute atomic E-state index is 11.4. The van der Waals surface area contributed by atoms with E-state index in [2.05, 4.69) is 28.4 Å². The summed E-state index contributed by atoms with van der Waals surface area (Å²) in [4.78, 5) is 10.2. The summed E-state index contributed by atoms with van der Waals surface area (Å²) in [7, 11) is -3.32. The molecule has 1 aromatic rings.